The van der Waals surface area contributed by atoms with Crippen LogP contribution < -0.4 is 10.1 Å². The zero-order chi connectivity index (χ0) is 13.9. The van der Waals surface area contributed by atoms with Gasteiger partial charge in [-0.25, -0.2) is 0 Å². The van der Waals surface area contributed by atoms with Crippen molar-refractivity contribution in [3.63, 3.8) is 0 Å². The molecule has 1 saturated heterocycles. The third-order valence-corrected chi connectivity index (χ3v) is 4.66. The van der Waals surface area contributed by atoms with Crippen LogP contribution in [-0.4, -0.2) is 38.2 Å². The summed E-state index contributed by atoms with van der Waals surface area (Å²) in [7, 11) is 3.99. The number of rotatable bonds is 5. The minimum absolute atomic E-state index is 0.652. The lowest BCUT2D eigenvalue weighted by Crippen LogP contribution is -2.40. The Hall–Kier alpha value is -1.06. The quantitative estimate of drug-likeness (QED) is 0.893. The third kappa shape index (κ3) is 3.33. The van der Waals surface area contributed by atoms with E-state index in [1.807, 2.05) is 0 Å². The largest absolute Gasteiger partial charge is 0.496 e. The van der Waals surface area contributed by atoms with Gasteiger partial charge in [0.05, 0.1) is 7.11 Å². The molecule has 0 atom stereocenters. The number of piperidine rings is 1. The molecular weight excluding hydrogens is 248 g/mol. The number of methoxy groups -OCH3 is 1. The predicted molar refractivity (Wildman–Crippen MR) is 82.3 cm³/mol. The van der Waals surface area contributed by atoms with Gasteiger partial charge in [-0.3, -0.25) is 0 Å². The van der Waals surface area contributed by atoms with E-state index in [0.717, 1.165) is 18.2 Å². The van der Waals surface area contributed by atoms with Crippen LogP contribution in [-0.2, 0) is 6.54 Å². The lowest BCUT2D eigenvalue weighted by molar-refractivity contribution is 0.233. The van der Waals surface area contributed by atoms with Crippen LogP contribution in [0.1, 0.15) is 42.7 Å². The van der Waals surface area contributed by atoms with Crippen molar-refractivity contribution in [1.82, 2.24) is 10.2 Å². The standard InChI is InChI=1S/C17H26N2O/c1-19-9-7-16(8-10-19)18-12-15-6-5-14(13-3-4-13)11-17(15)20-2/h5-6,11,13,16,18H,3-4,7-10,12H2,1-2H3. The van der Waals surface area contributed by atoms with Gasteiger partial charge in [0.2, 0.25) is 0 Å². The van der Waals surface area contributed by atoms with E-state index in [1.165, 1.54) is 49.9 Å². The Morgan fingerprint density at radius 2 is 1.95 bits per heavy atom. The lowest BCUT2D eigenvalue weighted by atomic mass is 10.0. The van der Waals surface area contributed by atoms with E-state index in [9.17, 15) is 0 Å². The Morgan fingerprint density at radius 3 is 2.60 bits per heavy atom. The molecule has 0 radical (unpaired) electrons. The fraction of sp³-hybridized carbons (Fsp3) is 0.647. The second-order valence-electron chi connectivity index (χ2n) is 6.30. The number of hydrogen-bond donors (Lipinski definition) is 1. The minimum Gasteiger partial charge on any atom is -0.496 e. The molecule has 1 aromatic carbocycles. The first-order valence-electron chi connectivity index (χ1n) is 7.85. The highest BCUT2D eigenvalue weighted by atomic mass is 16.5. The molecule has 1 saturated carbocycles. The van der Waals surface area contributed by atoms with Gasteiger partial charge in [-0.05, 0) is 63.4 Å². The number of hydrogen-bond acceptors (Lipinski definition) is 3. The van der Waals surface area contributed by atoms with E-state index in [0.29, 0.717) is 6.04 Å². The SMILES string of the molecule is COc1cc(C2CC2)ccc1CNC1CCN(C)CC1. The van der Waals surface area contributed by atoms with Crippen molar-refractivity contribution in [3.8, 4) is 5.75 Å². The van der Waals surface area contributed by atoms with Crippen LogP contribution in [0.4, 0.5) is 0 Å². The maximum Gasteiger partial charge on any atom is 0.123 e. The zero-order valence-electron chi connectivity index (χ0n) is 12.7. The molecule has 1 aliphatic heterocycles. The lowest BCUT2D eigenvalue weighted by Gasteiger charge is -2.29. The van der Waals surface area contributed by atoms with E-state index >= 15 is 0 Å². The average molecular weight is 274 g/mol. The van der Waals surface area contributed by atoms with Crippen molar-refractivity contribution < 1.29 is 4.74 Å². The molecule has 3 rings (SSSR count). The topological polar surface area (TPSA) is 24.5 Å². The second kappa shape index (κ2) is 6.15. The maximum atomic E-state index is 5.57. The Bertz CT molecular complexity index is 448. The van der Waals surface area contributed by atoms with Gasteiger partial charge in [0.1, 0.15) is 5.75 Å². The van der Waals surface area contributed by atoms with Crippen LogP contribution in [0.15, 0.2) is 18.2 Å². The summed E-state index contributed by atoms with van der Waals surface area (Å²) in [5.41, 5.74) is 2.74. The Labute approximate surface area is 122 Å². The summed E-state index contributed by atoms with van der Waals surface area (Å²) in [5, 5.41) is 3.69. The van der Waals surface area contributed by atoms with Gasteiger partial charge in [-0.1, -0.05) is 12.1 Å². The number of ether oxygens (including phenoxy) is 1. The molecule has 2 fully saturated rings. The van der Waals surface area contributed by atoms with Gasteiger partial charge in [0.25, 0.3) is 0 Å². The van der Waals surface area contributed by atoms with E-state index in [-0.39, 0.29) is 0 Å². The van der Waals surface area contributed by atoms with Crippen LogP contribution >= 0.6 is 0 Å². The van der Waals surface area contributed by atoms with Crippen molar-refractivity contribution in [1.29, 1.82) is 0 Å². The van der Waals surface area contributed by atoms with Crippen LogP contribution in [0.3, 0.4) is 0 Å². The minimum atomic E-state index is 0.652. The van der Waals surface area contributed by atoms with Crippen molar-refractivity contribution in [2.24, 2.45) is 0 Å². The van der Waals surface area contributed by atoms with Crippen LogP contribution in [0.25, 0.3) is 0 Å². The molecule has 20 heavy (non-hydrogen) atoms. The van der Waals surface area contributed by atoms with Crippen LogP contribution in [0.5, 0.6) is 5.75 Å². The number of likely N-dealkylation sites (tertiary alicyclic amines) is 1. The van der Waals surface area contributed by atoms with E-state index in [2.05, 4.69) is 35.5 Å². The van der Waals surface area contributed by atoms with E-state index in [4.69, 9.17) is 4.74 Å². The van der Waals surface area contributed by atoms with Gasteiger partial charge < -0.3 is 15.0 Å². The van der Waals surface area contributed by atoms with E-state index < -0.39 is 0 Å². The summed E-state index contributed by atoms with van der Waals surface area (Å²) in [6.45, 7) is 3.33. The number of nitrogens with zero attached hydrogens (tertiary/aromatic N) is 1. The molecule has 0 amide bonds. The van der Waals surface area contributed by atoms with E-state index in [1.54, 1.807) is 7.11 Å². The Morgan fingerprint density at radius 1 is 1.20 bits per heavy atom. The summed E-state index contributed by atoms with van der Waals surface area (Å²) in [6, 6.07) is 7.42. The first-order chi connectivity index (χ1) is 9.76. The van der Waals surface area contributed by atoms with Crippen molar-refractivity contribution in [2.45, 2.75) is 44.2 Å². The normalized spacial score (nSPS) is 21.1. The molecular formula is C17H26N2O. The van der Waals surface area contributed by atoms with Gasteiger partial charge in [0, 0.05) is 18.2 Å². The third-order valence-electron chi connectivity index (χ3n) is 4.66. The molecule has 0 unspecified atom stereocenters. The van der Waals surface area contributed by atoms with Gasteiger partial charge in [-0.2, -0.15) is 0 Å². The second-order valence-corrected chi connectivity index (χ2v) is 6.30. The molecule has 2 aliphatic rings. The molecule has 110 valence electrons. The monoisotopic (exact) mass is 274 g/mol. The zero-order valence-corrected chi connectivity index (χ0v) is 12.7. The molecule has 1 aliphatic carbocycles. The summed E-state index contributed by atoms with van der Waals surface area (Å²) < 4.78 is 5.57. The molecule has 0 aromatic heterocycles. The Balaban J connectivity index is 1.59. The fourth-order valence-electron chi connectivity index (χ4n) is 3.04. The summed E-state index contributed by atoms with van der Waals surface area (Å²) in [6.07, 6.45) is 5.19. The van der Waals surface area contributed by atoms with Gasteiger partial charge >= 0.3 is 0 Å². The molecule has 1 aromatic rings. The summed E-state index contributed by atoms with van der Waals surface area (Å²) in [4.78, 5) is 2.41. The molecule has 0 bridgehead atoms. The van der Waals surface area contributed by atoms with Crippen molar-refractivity contribution in [2.75, 3.05) is 27.2 Å². The molecule has 3 heteroatoms. The Kier molecular flexibility index (Phi) is 4.27. The highest BCUT2D eigenvalue weighted by molar-refractivity contribution is 5.40. The first kappa shape index (κ1) is 13.9. The number of nitrogens with one attached hydrogen (secondary N) is 1. The fourth-order valence-corrected chi connectivity index (χ4v) is 3.04. The average Bonchev–Trinajstić information content (AvgIpc) is 3.31. The predicted octanol–water partition coefficient (Wildman–Crippen LogP) is 2.76. The van der Waals surface area contributed by atoms with Gasteiger partial charge in [0.15, 0.2) is 0 Å². The molecule has 1 N–H and O–H groups in total. The van der Waals surface area contributed by atoms with Crippen LogP contribution in [0.2, 0.25) is 0 Å². The summed E-state index contributed by atoms with van der Waals surface area (Å²) >= 11 is 0. The van der Waals surface area contributed by atoms with Crippen molar-refractivity contribution >= 4 is 0 Å². The summed E-state index contributed by atoms with van der Waals surface area (Å²) in [5.74, 6) is 1.84. The smallest absolute Gasteiger partial charge is 0.123 e. The highest BCUT2D eigenvalue weighted by Gasteiger charge is 2.24. The highest BCUT2D eigenvalue weighted by Crippen LogP contribution is 2.41. The molecule has 3 nitrogen and oxygen atoms in total. The number of benzene rings is 1. The molecule has 1 heterocycles. The van der Waals surface area contributed by atoms with Crippen LogP contribution in [0, 0.1) is 0 Å². The maximum absolute atomic E-state index is 5.57. The van der Waals surface area contributed by atoms with Crippen molar-refractivity contribution in [3.05, 3.63) is 29.3 Å². The molecule has 0 spiro atoms. The first-order valence-corrected chi connectivity index (χ1v) is 7.85. The van der Waals surface area contributed by atoms with Gasteiger partial charge in [-0.15, -0.1) is 0 Å².